The molecule has 0 fully saturated rings. The van der Waals surface area contributed by atoms with Gasteiger partial charge in [0.15, 0.2) is 11.0 Å². The van der Waals surface area contributed by atoms with E-state index in [9.17, 15) is 9.59 Å². The Balaban J connectivity index is 1.65. The molecule has 0 saturated carbocycles. The SMILES string of the molecule is COC(=O)c1cc(NC(=O)CSc2nnc(-c3cccc(C)c3)n2C)ccc1Cl. The molecule has 3 aromatic rings. The molecule has 1 amide bonds. The molecule has 3 rings (SSSR count). The van der Waals surface area contributed by atoms with Gasteiger partial charge in [0.1, 0.15) is 0 Å². The molecule has 0 saturated heterocycles. The van der Waals surface area contributed by atoms with Crippen molar-refractivity contribution in [3.63, 3.8) is 0 Å². The molecule has 0 bridgehead atoms. The Hall–Kier alpha value is -2.84. The molecule has 1 heterocycles. The van der Waals surface area contributed by atoms with E-state index in [-0.39, 0.29) is 22.2 Å². The Labute approximate surface area is 177 Å². The highest BCUT2D eigenvalue weighted by atomic mass is 35.5. The van der Waals surface area contributed by atoms with E-state index in [0.29, 0.717) is 10.8 Å². The van der Waals surface area contributed by atoms with Crippen molar-refractivity contribution in [2.75, 3.05) is 18.2 Å². The molecule has 0 aliphatic heterocycles. The number of amides is 1. The number of aromatic nitrogens is 3. The Bertz CT molecular complexity index is 1070. The number of aryl methyl sites for hydroxylation is 1. The van der Waals surface area contributed by atoms with Gasteiger partial charge < -0.3 is 14.6 Å². The summed E-state index contributed by atoms with van der Waals surface area (Å²) in [5.74, 6) is 0.0594. The van der Waals surface area contributed by atoms with Crippen LogP contribution in [0.25, 0.3) is 11.4 Å². The average molecular weight is 431 g/mol. The first-order chi connectivity index (χ1) is 13.9. The van der Waals surface area contributed by atoms with Crippen LogP contribution in [0.15, 0.2) is 47.6 Å². The molecular weight excluding hydrogens is 412 g/mol. The largest absolute Gasteiger partial charge is 0.465 e. The zero-order valence-corrected chi connectivity index (χ0v) is 17.7. The van der Waals surface area contributed by atoms with Gasteiger partial charge in [0.25, 0.3) is 0 Å². The van der Waals surface area contributed by atoms with Crippen molar-refractivity contribution >= 4 is 40.9 Å². The van der Waals surface area contributed by atoms with Crippen LogP contribution < -0.4 is 5.32 Å². The second-order valence-electron chi connectivity index (χ2n) is 6.26. The molecule has 0 aliphatic rings. The van der Waals surface area contributed by atoms with Crippen molar-refractivity contribution in [3.05, 3.63) is 58.6 Å². The van der Waals surface area contributed by atoms with Gasteiger partial charge >= 0.3 is 5.97 Å². The fourth-order valence-corrected chi connectivity index (χ4v) is 3.58. The molecular formula is C20H19ClN4O3S. The highest BCUT2D eigenvalue weighted by molar-refractivity contribution is 7.99. The van der Waals surface area contributed by atoms with Crippen LogP contribution in [0.2, 0.25) is 5.02 Å². The van der Waals surface area contributed by atoms with Gasteiger partial charge in [-0.1, -0.05) is 47.1 Å². The number of benzene rings is 2. The number of halogens is 1. The molecule has 0 atom stereocenters. The van der Waals surface area contributed by atoms with Crippen molar-refractivity contribution in [3.8, 4) is 11.4 Å². The number of nitrogens with zero attached hydrogens (tertiary/aromatic N) is 3. The number of thioether (sulfide) groups is 1. The first-order valence-electron chi connectivity index (χ1n) is 8.66. The van der Waals surface area contributed by atoms with Crippen LogP contribution in [-0.2, 0) is 16.6 Å². The van der Waals surface area contributed by atoms with Crippen LogP contribution in [0.3, 0.4) is 0 Å². The smallest absolute Gasteiger partial charge is 0.339 e. The second kappa shape index (κ2) is 9.11. The Morgan fingerprint density at radius 1 is 1.21 bits per heavy atom. The van der Waals surface area contributed by atoms with E-state index in [4.69, 9.17) is 11.6 Å². The summed E-state index contributed by atoms with van der Waals surface area (Å²) in [6.07, 6.45) is 0. The molecule has 1 N–H and O–H groups in total. The number of ether oxygens (including phenoxy) is 1. The van der Waals surface area contributed by atoms with E-state index < -0.39 is 5.97 Å². The molecule has 29 heavy (non-hydrogen) atoms. The van der Waals surface area contributed by atoms with E-state index in [2.05, 4.69) is 20.3 Å². The quantitative estimate of drug-likeness (QED) is 0.470. The minimum Gasteiger partial charge on any atom is -0.465 e. The fraction of sp³-hybridized carbons (Fsp3) is 0.200. The van der Waals surface area contributed by atoms with Gasteiger partial charge in [-0.25, -0.2) is 4.79 Å². The van der Waals surface area contributed by atoms with Gasteiger partial charge in [0, 0.05) is 18.3 Å². The number of hydrogen-bond acceptors (Lipinski definition) is 6. The van der Waals surface area contributed by atoms with Crippen molar-refractivity contribution in [2.24, 2.45) is 7.05 Å². The van der Waals surface area contributed by atoms with Crippen LogP contribution >= 0.6 is 23.4 Å². The molecule has 150 valence electrons. The third kappa shape index (κ3) is 4.96. The number of anilines is 1. The standard InChI is InChI=1S/C20H19ClN4O3S/c1-12-5-4-6-13(9-12)18-23-24-20(25(18)2)29-11-17(26)22-14-7-8-16(21)15(10-14)19(27)28-3/h4-10H,11H2,1-3H3,(H,22,26). The van der Waals surface area contributed by atoms with Crippen LogP contribution in [0.1, 0.15) is 15.9 Å². The number of carbonyl (C=O) groups excluding carboxylic acids is 2. The molecule has 0 radical (unpaired) electrons. The number of nitrogens with one attached hydrogen (secondary N) is 1. The summed E-state index contributed by atoms with van der Waals surface area (Å²) in [6.45, 7) is 2.02. The van der Waals surface area contributed by atoms with Crippen molar-refractivity contribution in [1.82, 2.24) is 14.8 Å². The zero-order valence-electron chi connectivity index (χ0n) is 16.1. The molecule has 0 aliphatic carbocycles. The highest BCUT2D eigenvalue weighted by Gasteiger charge is 2.15. The minimum atomic E-state index is -0.566. The maximum atomic E-state index is 12.3. The van der Waals surface area contributed by atoms with Crippen LogP contribution in [0.4, 0.5) is 5.69 Å². The summed E-state index contributed by atoms with van der Waals surface area (Å²) in [4.78, 5) is 24.0. The lowest BCUT2D eigenvalue weighted by atomic mass is 10.1. The lowest BCUT2D eigenvalue weighted by Crippen LogP contribution is -2.15. The van der Waals surface area contributed by atoms with Crippen LogP contribution in [0, 0.1) is 6.92 Å². The van der Waals surface area contributed by atoms with Gasteiger partial charge in [-0.05, 0) is 31.2 Å². The van der Waals surface area contributed by atoms with E-state index in [1.165, 1.54) is 31.0 Å². The third-order valence-corrected chi connectivity index (χ3v) is 5.45. The van der Waals surface area contributed by atoms with Gasteiger partial charge in [0.05, 0.1) is 23.4 Å². The van der Waals surface area contributed by atoms with E-state index >= 15 is 0 Å². The first-order valence-corrected chi connectivity index (χ1v) is 10.0. The Kier molecular flexibility index (Phi) is 6.56. The highest BCUT2D eigenvalue weighted by Crippen LogP contribution is 2.24. The Morgan fingerprint density at radius 3 is 2.72 bits per heavy atom. The van der Waals surface area contributed by atoms with Gasteiger partial charge in [-0.2, -0.15) is 0 Å². The van der Waals surface area contributed by atoms with Gasteiger partial charge in [0.2, 0.25) is 5.91 Å². The lowest BCUT2D eigenvalue weighted by molar-refractivity contribution is -0.113. The lowest BCUT2D eigenvalue weighted by Gasteiger charge is -2.08. The van der Waals surface area contributed by atoms with E-state index in [1.807, 2.05) is 42.8 Å². The van der Waals surface area contributed by atoms with Crippen LogP contribution in [0.5, 0.6) is 0 Å². The molecule has 2 aromatic carbocycles. The average Bonchev–Trinajstić information content (AvgIpc) is 3.07. The summed E-state index contributed by atoms with van der Waals surface area (Å²) < 4.78 is 6.54. The summed E-state index contributed by atoms with van der Waals surface area (Å²) in [5.41, 5.74) is 2.75. The predicted molar refractivity (Wildman–Crippen MR) is 113 cm³/mol. The summed E-state index contributed by atoms with van der Waals surface area (Å²) in [6, 6.07) is 12.6. The first kappa shape index (κ1) is 20.9. The van der Waals surface area contributed by atoms with Crippen molar-refractivity contribution in [2.45, 2.75) is 12.1 Å². The van der Waals surface area contributed by atoms with E-state index in [1.54, 1.807) is 6.07 Å². The predicted octanol–water partition coefficient (Wildman–Crippen LogP) is 3.96. The Morgan fingerprint density at radius 2 is 2.00 bits per heavy atom. The van der Waals surface area contributed by atoms with Gasteiger partial charge in [-0.15, -0.1) is 10.2 Å². The topological polar surface area (TPSA) is 86.1 Å². The molecule has 9 heteroatoms. The summed E-state index contributed by atoms with van der Waals surface area (Å²) in [5, 5.41) is 12.0. The number of hydrogen-bond donors (Lipinski definition) is 1. The van der Waals surface area contributed by atoms with E-state index in [0.717, 1.165) is 17.0 Å². The monoisotopic (exact) mass is 430 g/mol. The normalized spacial score (nSPS) is 10.6. The fourth-order valence-electron chi connectivity index (χ4n) is 2.67. The molecule has 7 nitrogen and oxygen atoms in total. The number of carbonyl (C=O) groups is 2. The number of rotatable bonds is 6. The third-order valence-electron chi connectivity index (χ3n) is 4.10. The minimum absolute atomic E-state index is 0.135. The molecule has 0 unspecified atom stereocenters. The number of methoxy groups -OCH3 is 1. The number of esters is 1. The summed E-state index contributed by atoms with van der Waals surface area (Å²) in [7, 11) is 3.13. The van der Waals surface area contributed by atoms with Crippen LogP contribution in [-0.4, -0.2) is 39.5 Å². The zero-order chi connectivity index (χ0) is 21.0. The van der Waals surface area contributed by atoms with Crippen molar-refractivity contribution < 1.29 is 14.3 Å². The summed E-state index contributed by atoms with van der Waals surface area (Å²) >= 11 is 7.26. The second-order valence-corrected chi connectivity index (χ2v) is 7.61. The maximum absolute atomic E-state index is 12.3. The maximum Gasteiger partial charge on any atom is 0.339 e. The molecule has 0 spiro atoms. The molecule has 1 aromatic heterocycles. The van der Waals surface area contributed by atoms with Crippen molar-refractivity contribution in [1.29, 1.82) is 0 Å². The van der Waals surface area contributed by atoms with Gasteiger partial charge in [-0.3, -0.25) is 4.79 Å².